The maximum absolute atomic E-state index is 13.2. The van der Waals surface area contributed by atoms with Crippen LogP contribution in [0.25, 0.3) is 0 Å². The van der Waals surface area contributed by atoms with Gasteiger partial charge in [-0.1, -0.05) is 15.9 Å². The smallest absolute Gasteiger partial charge is 0.185 e. The number of nitrogens with zero attached hydrogens (tertiary/aromatic N) is 2. The summed E-state index contributed by atoms with van der Waals surface area (Å²) >= 11 is 3.19. The minimum atomic E-state index is -0.971. The Kier molecular flexibility index (Phi) is 4.03. The summed E-state index contributed by atoms with van der Waals surface area (Å²) in [5, 5.41) is 9.17. The quantitative estimate of drug-likeness (QED) is 0.814. The zero-order chi connectivity index (χ0) is 13.8. The molecular weight excluding hydrogens is 311 g/mol. The standard InChI is InChI=1S/C14H8BrFN2O/c15-13-2-1-10(16)7-11(13)14(19)12(8-17)9-3-5-18-6-4-9/h1-7,12H. The molecule has 1 unspecified atom stereocenters. The first-order chi connectivity index (χ1) is 9.13. The third-order valence-corrected chi connectivity index (χ3v) is 3.32. The molecule has 0 saturated carbocycles. The van der Waals surface area contributed by atoms with Crippen LogP contribution < -0.4 is 0 Å². The molecule has 2 aromatic rings. The number of nitriles is 1. The predicted octanol–water partition coefficient (Wildman–Crippen LogP) is 3.47. The van der Waals surface area contributed by atoms with Gasteiger partial charge in [0.15, 0.2) is 5.78 Å². The van der Waals surface area contributed by atoms with Crippen molar-refractivity contribution in [3.8, 4) is 6.07 Å². The van der Waals surface area contributed by atoms with E-state index in [1.807, 2.05) is 6.07 Å². The molecule has 94 valence electrons. The van der Waals surface area contributed by atoms with Gasteiger partial charge in [-0.05, 0) is 35.9 Å². The van der Waals surface area contributed by atoms with Crippen LogP contribution in [0.2, 0.25) is 0 Å². The fourth-order valence-electron chi connectivity index (χ4n) is 1.68. The lowest BCUT2D eigenvalue weighted by molar-refractivity contribution is 0.0977. The van der Waals surface area contributed by atoms with E-state index in [1.54, 1.807) is 12.1 Å². The van der Waals surface area contributed by atoms with Crippen molar-refractivity contribution in [3.63, 3.8) is 0 Å². The number of benzene rings is 1. The van der Waals surface area contributed by atoms with Gasteiger partial charge in [-0.2, -0.15) is 5.26 Å². The summed E-state index contributed by atoms with van der Waals surface area (Å²) in [5.41, 5.74) is 0.696. The van der Waals surface area contributed by atoms with Crippen molar-refractivity contribution in [2.24, 2.45) is 0 Å². The number of ketones is 1. The Labute approximate surface area is 117 Å². The number of aromatic nitrogens is 1. The third kappa shape index (κ3) is 2.85. The van der Waals surface area contributed by atoms with E-state index in [0.717, 1.165) is 6.07 Å². The van der Waals surface area contributed by atoms with E-state index in [4.69, 9.17) is 0 Å². The second kappa shape index (κ2) is 5.72. The van der Waals surface area contributed by atoms with Gasteiger partial charge in [-0.15, -0.1) is 0 Å². The van der Waals surface area contributed by atoms with Gasteiger partial charge in [0.05, 0.1) is 6.07 Å². The molecule has 0 radical (unpaired) electrons. The molecule has 1 heterocycles. The zero-order valence-corrected chi connectivity index (χ0v) is 11.3. The molecule has 0 N–H and O–H groups in total. The Morgan fingerprint density at radius 1 is 1.32 bits per heavy atom. The van der Waals surface area contributed by atoms with Gasteiger partial charge >= 0.3 is 0 Å². The summed E-state index contributed by atoms with van der Waals surface area (Å²) in [5.74, 6) is -1.93. The zero-order valence-electron chi connectivity index (χ0n) is 9.68. The summed E-state index contributed by atoms with van der Waals surface area (Å²) in [6.07, 6.45) is 3.02. The van der Waals surface area contributed by atoms with Crippen LogP contribution in [0.15, 0.2) is 47.2 Å². The van der Waals surface area contributed by atoms with Crippen molar-refractivity contribution in [1.29, 1.82) is 5.26 Å². The first-order valence-corrected chi connectivity index (χ1v) is 6.21. The Hall–Kier alpha value is -2.06. The monoisotopic (exact) mass is 318 g/mol. The summed E-state index contributed by atoms with van der Waals surface area (Å²) in [6, 6.07) is 8.95. The Balaban J connectivity index is 2.43. The van der Waals surface area contributed by atoms with Crippen molar-refractivity contribution in [2.75, 3.05) is 0 Å². The van der Waals surface area contributed by atoms with Gasteiger partial charge in [0.1, 0.15) is 11.7 Å². The van der Waals surface area contributed by atoms with Gasteiger partial charge in [-0.25, -0.2) is 4.39 Å². The predicted molar refractivity (Wildman–Crippen MR) is 71.0 cm³/mol. The van der Waals surface area contributed by atoms with E-state index >= 15 is 0 Å². The SMILES string of the molecule is N#CC(C(=O)c1cc(F)ccc1Br)c1ccncc1. The van der Waals surface area contributed by atoms with Crippen molar-refractivity contribution < 1.29 is 9.18 Å². The van der Waals surface area contributed by atoms with Crippen LogP contribution in [0, 0.1) is 17.1 Å². The second-order valence-electron chi connectivity index (χ2n) is 3.83. The fraction of sp³-hybridized carbons (Fsp3) is 0.0714. The molecule has 0 aliphatic heterocycles. The highest BCUT2D eigenvalue weighted by atomic mass is 79.9. The largest absolute Gasteiger partial charge is 0.292 e. The minimum Gasteiger partial charge on any atom is -0.292 e. The number of Topliss-reactive ketones (excluding diaryl/α,β-unsaturated/α-hetero) is 1. The van der Waals surface area contributed by atoms with Gasteiger partial charge in [0.25, 0.3) is 0 Å². The number of hydrogen-bond acceptors (Lipinski definition) is 3. The molecule has 0 saturated heterocycles. The maximum atomic E-state index is 13.2. The van der Waals surface area contributed by atoms with Crippen LogP contribution in [-0.4, -0.2) is 10.8 Å². The second-order valence-corrected chi connectivity index (χ2v) is 4.69. The lowest BCUT2D eigenvalue weighted by Gasteiger charge is -2.09. The van der Waals surface area contributed by atoms with E-state index < -0.39 is 17.5 Å². The molecule has 0 aliphatic rings. The van der Waals surface area contributed by atoms with E-state index in [2.05, 4.69) is 20.9 Å². The van der Waals surface area contributed by atoms with Crippen molar-refractivity contribution in [3.05, 3.63) is 64.1 Å². The number of pyridine rings is 1. The van der Waals surface area contributed by atoms with Crippen LogP contribution in [-0.2, 0) is 0 Å². The molecule has 1 aromatic carbocycles. The number of halogens is 2. The van der Waals surface area contributed by atoms with Gasteiger partial charge in [0, 0.05) is 22.4 Å². The van der Waals surface area contributed by atoms with Crippen molar-refractivity contribution in [1.82, 2.24) is 4.98 Å². The highest BCUT2D eigenvalue weighted by molar-refractivity contribution is 9.10. The van der Waals surface area contributed by atoms with Crippen LogP contribution in [0.3, 0.4) is 0 Å². The summed E-state index contributed by atoms with van der Waals surface area (Å²) in [6.45, 7) is 0. The van der Waals surface area contributed by atoms with Crippen molar-refractivity contribution >= 4 is 21.7 Å². The third-order valence-electron chi connectivity index (χ3n) is 2.62. The fourth-order valence-corrected chi connectivity index (χ4v) is 2.12. The Morgan fingerprint density at radius 3 is 2.63 bits per heavy atom. The lowest BCUT2D eigenvalue weighted by atomic mass is 9.92. The summed E-state index contributed by atoms with van der Waals surface area (Å²) in [7, 11) is 0. The molecule has 1 aromatic heterocycles. The van der Waals surface area contributed by atoms with Crippen LogP contribution >= 0.6 is 15.9 Å². The normalized spacial score (nSPS) is 11.6. The van der Waals surface area contributed by atoms with E-state index in [1.165, 1.54) is 24.5 Å². The van der Waals surface area contributed by atoms with Crippen LogP contribution in [0.5, 0.6) is 0 Å². The van der Waals surface area contributed by atoms with Gasteiger partial charge in [0.2, 0.25) is 0 Å². The van der Waals surface area contributed by atoms with Crippen LogP contribution in [0.4, 0.5) is 4.39 Å². The number of rotatable bonds is 3. The molecule has 1 atom stereocenters. The molecule has 0 amide bonds. The molecule has 2 rings (SSSR count). The van der Waals surface area contributed by atoms with E-state index in [0.29, 0.717) is 10.0 Å². The molecule has 19 heavy (non-hydrogen) atoms. The van der Waals surface area contributed by atoms with Crippen molar-refractivity contribution in [2.45, 2.75) is 5.92 Å². The summed E-state index contributed by atoms with van der Waals surface area (Å²) < 4.78 is 13.7. The number of hydrogen-bond donors (Lipinski definition) is 0. The highest BCUT2D eigenvalue weighted by Crippen LogP contribution is 2.25. The number of carbonyl (C=O) groups is 1. The Bertz CT molecular complexity index is 652. The number of carbonyl (C=O) groups excluding carboxylic acids is 1. The lowest BCUT2D eigenvalue weighted by Crippen LogP contribution is -2.12. The first kappa shape index (κ1) is 13.4. The molecule has 0 spiro atoms. The van der Waals surface area contributed by atoms with E-state index in [-0.39, 0.29) is 5.56 Å². The highest BCUT2D eigenvalue weighted by Gasteiger charge is 2.23. The summed E-state index contributed by atoms with van der Waals surface area (Å²) in [4.78, 5) is 16.1. The Morgan fingerprint density at radius 2 is 2.00 bits per heavy atom. The topological polar surface area (TPSA) is 53.8 Å². The first-order valence-electron chi connectivity index (χ1n) is 5.42. The van der Waals surface area contributed by atoms with E-state index in [9.17, 15) is 14.4 Å². The molecule has 5 heteroatoms. The molecule has 0 fully saturated rings. The molecule has 0 aliphatic carbocycles. The van der Waals surface area contributed by atoms with Crippen LogP contribution in [0.1, 0.15) is 21.8 Å². The molecular formula is C14H8BrFN2O. The average Bonchev–Trinajstić information content (AvgIpc) is 2.43. The average molecular weight is 319 g/mol. The van der Waals surface area contributed by atoms with Gasteiger partial charge < -0.3 is 0 Å². The molecule has 0 bridgehead atoms. The van der Waals surface area contributed by atoms with Gasteiger partial charge in [-0.3, -0.25) is 9.78 Å². The maximum Gasteiger partial charge on any atom is 0.185 e. The minimum absolute atomic E-state index is 0.156. The molecule has 3 nitrogen and oxygen atoms in total.